The van der Waals surface area contributed by atoms with Gasteiger partial charge in [0.15, 0.2) is 0 Å². The van der Waals surface area contributed by atoms with E-state index in [9.17, 15) is 9.46 Å². The van der Waals surface area contributed by atoms with Crippen LogP contribution in [0.5, 0.6) is 0 Å². The van der Waals surface area contributed by atoms with E-state index in [1.54, 1.807) is 0 Å². The van der Waals surface area contributed by atoms with Gasteiger partial charge in [-0.25, -0.2) is 0 Å². The number of hydrogen-bond donors (Lipinski definition) is 0. The Hall–Kier alpha value is 0.0200. The van der Waals surface area contributed by atoms with Gasteiger partial charge in [0.1, 0.15) is 6.61 Å². The molecule has 0 fully saturated rings. The van der Waals surface area contributed by atoms with Crippen LogP contribution in [-0.4, -0.2) is 6.61 Å². The average Bonchev–Trinajstić information content (AvgIpc) is 1.97. The van der Waals surface area contributed by atoms with Crippen LogP contribution in [0.3, 0.4) is 0 Å². The van der Waals surface area contributed by atoms with Gasteiger partial charge in [-0.05, 0) is 16.9 Å². The highest BCUT2D eigenvalue weighted by Crippen LogP contribution is 2.14. The summed E-state index contributed by atoms with van der Waals surface area (Å²) in [5.74, 6) is 0.350. The fourth-order valence-corrected chi connectivity index (χ4v) is 1.20. The van der Waals surface area contributed by atoms with Gasteiger partial charge in [0.05, 0.1) is 0 Å². The molecule has 0 aromatic heterocycles. The maximum Gasteiger partial charge on any atom is 0.488 e. The third kappa shape index (κ3) is 7.92. The van der Waals surface area contributed by atoms with Gasteiger partial charge in [0, 0.05) is 0 Å². The molecular formula is C7H15O3P. The summed E-state index contributed by atoms with van der Waals surface area (Å²) in [4.78, 5) is 9.99. The van der Waals surface area contributed by atoms with E-state index in [2.05, 4.69) is 11.4 Å². The summed E-state index contributed by atoms with van der Waals surface area (Å²) in [7, 11) is -2.65. The highest BCUT2D eigenvalue weighted by atomic mass is 31.1. The molecule has 0 radical (unpaired) electrons. The molecule has 3 nitrogen and oxygen atoms in total. The second kappa shape index (κ2) is 6.71. The Morgan fingerprint density at radius 2 is 2.27 bits per heavy atom. The van der Waals surface area contributed by atoms with Gasteiger partial charge < -0.3 is 4.89 Å². The first kappa shape index (κ1) is 11.0. The molecule has 0 aromatic carbocycles. The van der Waals surface area contributed by atoms with Gasteiger partial charge in [-0.15, -0.1) is 4.52 Å². The van der Waals surface area contributed by atoms with Crippen LogP contribution in [0.15, 0.2) is 0 Å². The van der Waals surface area contributed by atoms with Crippen LogP contribution in [0.4, 0.5) is 0 Å². The highest BCUT2D eigenvalue weighted by molar-refractivity contribution is 7.30. The van der Waals surface area contributed by atoms with Crippen molar-refractivity contribution in [3.05, 3.63) is 0 Å². The molecule has 0 amide bonds. The molecule has 0 aliphatic rings. The summed E-state index contributed by atoms with van der Waals surface area (Å²) >= 11 is 0. The standard InChI is InChI=1S/C7H15O3P/c1-3-4-5-7(2)6-10-11(8)9/h7H,3-6H2,1-2H3. The Labute approximate surface area is 68.7 Å². The lowest BCUT2D eigenvalue weighted by molar-refractivity contribution is -0.186. The van der Waals surface area contributed by atoms with E-state index < -0.39 is 8.25 Å². The van der Waals surface area contributed by atoms with E-state index in [1.165, 1.54) is 0 Å². The minimum Gasteiger partial charge on any atom is -0.566 e. The molecule has 4 heteroatoms. The third-order valence-corrected chi connectivity index (χ3v) is 1.87. The summed E-state index contributed by atoms with van der Waals surface area (Å²) in [6.07, 6.45) is 3.33. The first-order valence-electron chi connectivity index (χ1n) is 3.94. The normalized spacial score (nSPS) is 14.6. The van der Waals surface area contributed by atoms with Crippen LogP contribution in [0, 0.1) is 5.92 Å². The van der Waals surface area contributed by atoms with Crippen molar-refractivity contribution in [1.29, 1.82) is 0 Å². The molecule has 66 valence electrons. The Morgan fingerprint density at radius 3 is 2.73 bits per heavy atom. The Bertz CT molecular complexity index is 116. The second-order valence-corrected chi connectivity index (χ2v) is 3.47. The number of unbranched alkanes of at least 4 members (excludes halogenated alkanes) is 1. The predicted octanol–water partition coefficient (Wildman–Crippen LogP) is 1.85. The lowest BCUT2D eigenvalue weighted by atomic mass is 10.1. The zero-order chi connectivity index (χ0) is 8.69. The summed E-state index contributed by atoms with van der Waals surface area (Å²) in [5.41, 5.74) is 0. The zero-order valence-corrected chi connectivity index (χ0v) is 7.97. The average molecular weight is 178 g/mol. The third-order valence-electron chi connectivity index (χ3n) is 1.51. The van der Waals surface area contributed by atoms with Crippen molar-refractivity contribution in [3.8, 4) is 0 Å². The monoisotopic (exact) mass is 178 g/mol. The molecule has 0 saturated carbocycles. The molecule has 11 heavy (non-hydrogen) atoms. The zero-order valence-electron chi connectivity index (χ0n) is 7.08. The van der Waals surface area contributed by atoms with Crippen molar-refractivity contribution in [3.63, 3.8) is 0 Å². The summed E-state index contributed by atoms with van der Waals surface area (Å²) in [6.45, 7) is 4.44. The maximum absolute atomic E-state index is 9.99. The van der Waals surface area contributed by atoms with Crippen molar-refractivity contribution >= 4 is 8.25 Å². The molecule has 0 aliphatic heterocycles. The highest BCUT2D eigenvalue weighted by Gasteiger charge is 2.07. The molecule has 0 N–H and O–H groups in total. The van der Waals surface area contributed by atoms with Crippen LogP contribution in [-0.2, 0) is 9.09 Å². The number of hydrogen-bond acceptors (Lipinski definition) is 3. The van der Waals surface area contributed by atoms with Crippen molar-refractivity contribution < 1.29 is 14.0 Å². The maximum atomic E-state index is 9.99. The molecule has 0 aromatic rings. The molecule has 0 aliphatic carbocycles. The number of rotatable bonds is 6. The molecule has 2 atom stereocenters. The molecular weight excluding hydrogens is 163 g/mol. The van der Waals surface area contributed by atoms with Crippen LogP contribution >= 0.6 is 8.25 Å². The van der Waals surface area contributed by atoms with E-state index in [0.29, 0.717) is 12.5 Å². The molecule has 0 heterocycles. The Morgan fingerprint density at radius 1 is 1.64 bits per heavy atom. The smallest absolute Gasteiger partial charge is 0.488 e. The molecule has 0 spiro atoms. The molecule has 2 unspecified atom stereocenters. The van der Waals surface area contributed by atoms with E-state index in [0.717, 1.165) is 19.3 Å². The lowest BCUT2D eigenvalue weighted by Gasteiger charge is -2.05. The quantitative estimate of drug-likeness (QED) is 0.583. The van der Waals surface area contributed by atoms with Crippen LogP contribution < -0.4 is 4.89 Å². The summed E-state index contributed by atoms with van der Waals surface area (Å²) < 4.78 is 14.4. The van der Waals surface area contributed by atoms with E-state index in [1.807, 2.05) is 6.92 Å². The fraction of sp³-hybridized carbons (Fsp3) is 1.00. The molecule has 0 rings (SSSR count). The summed E-state index contributed by atoms with van der Waals surface area (Å²) in [5, 5.41) is 0. The lowest BCUT2D eigenvalue weighted by Crippen LogP contribution is -2.04. The van der Waals surface area contributed by atoms with E-state index in [4.69, 9.17) is 0 Å². The van der Waals surface area contributed by atoms with Crippen molar-refractivity contribution in [1.82, 2.24) is 0 Å². The Balaban J connectivity index is 3.22. The van der Waals surface area contributed by atoms with Gasteiger partial charge in [-0.3, -0.25) is 0 Å². The predicted molar refractivity (Wildman–Crippen MR) is 42.2 cm³/mol. The van der Waals surface area contributed by atoms with Crippen molar-refractivity contribution in [2.75, 3.05) is 6.61 Å². The van der Waals surface area contributed by atoms with Gasteiger partial charge >= 0.3 is 8.25 Å². The second-order valence-electron chi connectivity index (χ2n) is 2.77. The molecule has 0 bridgehead atoms. The topological polar surface area (TPSA) is 49.4 Å². The fourth-order valence-electron chi connectivity index (χ4n) is 0.824. The van der Waals surface area contributed by atoms with Crippen LogP contribution in [0.1, 0.15) is 33.1 Å². The van der Waals surface area contributed by atoms with Gasteiger partial charge in [-0.1, -0.05) is 26.7 Å². The first-order chi connectivity index (χ1) is 5.16. The SMILES string of the molecule is CCCCC(C)CO[P+](=O)[O-]. The minimum atomic E-state index is -2.65. The minimum absolute atomic E-state index is 0.332. The Kier molecular flexibility index (Phi) is 6.73. The van der Waals surface area contributed by atoms with Crippen molar-refractivity contribution in [2.24, 2.45) is 5.92 Å². The van der Waals surface area contributed by atoms with Gasteiger partial charge in [-0.2, -0.15) is 0 Å². The first-order valence-corrected chi connectivity index (χ1v) is 5.03. The van der Waals surface area contributed by atoms with Crippen LogP contribution in [0.2, 0.25) is 0 Å². The van der Waals surface area contributed by atoms with E-state index >= 15 is 0 Å². The molecule has 0 saturated heterocycles. The van der Waals surface area contributed by atoms with Crippen molar-refractivity contribution in [2.45, 2.75) is 33.1 Å². The van der Waals surface area contributed by atoms with E-state index in [-0.39, 0.29) is 0 Å². The van der Waals surface area contributed by atoms with Gasteiger partial charge in [0.2, 0.25) is 0 Å². The van der Waals surface area contributed by atoms with Gasteiger partial charge in [0.25, 0.3) is 0 Å². The largest absolute Gasteiger partial charge is 0.566 e. The summed E-state index contributed by atoms with van der Waals surface area (Å²) in [6, 6.07) is 0. The van der Waals surface area contributed by atoms with Crippen LogP contribution in [0.25, 0.3) is 0 Å².